The number of carbonyl (C=O) groups is 7. The van der Waals surface area contributed by atoms with Crippen LogP contribution in [-0.4, -0.2) is 126 Å². The van der Waals surface area contributed by atoms with Crippen molar-refractivity contribution in [3.05, 3.63) is 71.8 Å². The van der Waals surface area contributed by atoms with E-state index < -0.39 is 59.8 Å². The number of aliphatic carboxylic acids is 1. The van der Waals surface area contributed by atoms with Gasteiger partial charge in [-0.3, -0.25) is 28.8 Å². The normalized spacial score (nSPS) is 16.5. The van der Waals surface area contributed by atoms with E-state index in [2.05, 4.69) is 26.6 Å². The summed E-state index contributed by atoms with van der Waals surface area (Å²) in [5.74, 6) is -1.69. The Bertz CT molecular complexity index is 1900. The number of nitrogens with one attached hydrogen (secondary N) is 5. The van der Waals surface area contributed by atoms with Gasteiger partial charge in [0.15, 0.2) is 0 Å². The molecule has 2 aliphatic carbocycles. The van der Waals surface area contributed by atoms with Gasteiger partial charge in [-0.25, -0.2) is 4.79 Å². The van der Waals surface area contributed by atoms with Crippen LogP contribution in [0.4, 0.5) is 0 Å². The summed E-state index contributed by atoms with van der Waals surface area (Å²) in [6, 6.07) is 13.4. The molecule has 2 aliphatic rings. The van der Waals surface area contributed by atoms with Gasteiger partial charge in [0, 0.05) is 48.7 Å². The summed E-state index contributed by atoms with van der Waals surface area (Å²) < 4.78 is 11.6. The highest BCUT2D eigenvalue weighted by molar-refractivity contribution is 7.99. The molecule has 0 radical (unpaired) electrons. The average molecular weight is 1010 g/mol. The maximum absolute atomic E-state index is 13.9. The highest BCUT2D eigenvalue weighted by atomic mass is 32.2. The quantitative estimate of drug-likeness (QED) is 0.0470. The molecule has 0 aromatic heterocycles. The minimum Gasteiger partial charge on any atom is -0.480 e. The number of benzene rings is 2. The Balaban J connectivity index is 1.21. The number of hydrogen-bond donors (Lipinski definition) is 7. The Morgan fingerprint density at radius 1 is 0.557 bits per heavy atom. The zero-order valence-electron chi connectivity index (χ0n) is 41.2. The second kappa shape index (κ2) is 33.1. The molecule has 8 N–H and O–H groups in total. The lowest BCUT2D eigenvalue weighted by Gasteiger charge is -2.26. The van der Waals surface area contributed by atoms with E-state index in [0.717, 1.165) is 68.9 Å². The van der Waals surface area contributed by atoms with Crippen LogP contribution < -0.4 is 32.3 Å². The number of hydrogen-bond acceptors (Lipinski definition) is 11. The third kappa shape index (κ3) is 23.5. The van der Waals surface area contributed by atoms with Crippen molar-refractivity contribution in [1.29, 1.82) is 0 Å². The molecule has 2 aromatic carbocycles. The smallest absolute Gasteiger partial charge is 0.326 e. The zero-order chi connectivity index (χ0) is 50.5. The van der Waals surface area contributed by atoms with Crippen LogP contribution in [0.1, 0.15) is 108 Å². The Morgan fingerprint density at radius 3 is 1.37 bits per heavy atom. The van der Waals surface area contributed by atoms with E-state index in [1.54, 1.807) is 12.1 Å². The van der Waals surface area contributed by atoms with Crippen molar-refractivity contribution < 1.29 is 48.1 Å². The van der Waals surface area contributed by atoms with E-state index in [1.807, 2.05) is 62.4 Å². The van der Waals surface area contributed by atoms with Crippen LogP contribution in [0.3, 0.4) is 0 Å². The van der Waals surface area contributed by atoms with Gasteiger partial charge in [-0.15, -0.1) is 0 Å². The van der Waals surface area contributed by atoms with Crippen LogP contribution in [0.25, 0.3) is 0 Å². The lowest BCUT2D eigenvalue weighted by molar-refractivity contribution is -0.142. The average Bonchev–Trinajstić information content (AvgIpc) is 3.33. The fraction of sp³-hybridized carbons (Fsp3) is 0.635. The Labute approximate surface area is 423 Å². The summed E-state index contributed by atoms with van der Waals surface area (Å²) in [6.07, 6.45) is 11.9. The predicted octanol–water partition coefficient (Wildman–Crippen LogP) is 4.95. The van der Waals surface area contributed by atoms with Gasteiger partial charge in [0.1, 0.15) is 30.2 Å². The number of amides is 6. The molecule has 0 aliphatic heterocycles. The van der Waals surface area contributed by atoms with Gasteiger partial charge in [0.2, 0.25) is 35.4 Å². The number of carboxylic acids is 1. The Hall–Kier alpha value is -4.65. The molecule has 18 heteroatoms. The van der Waals surface area contributed by atoms with Gasteiger partial charge in [0.05, 0.1) is 26.4 Å². The van der Waals surface area contributed by atoms with E-state index >= 15 is 0 Å². The largest absolute Gasteiger partial charge is 0.480 e. The number of thioether (sulfide) groups is 2. The SMILES string of the molecule is CC(C)C[C@H](NC(=O)[C@H](CSCCOCCOCCSC[C@H](NC(=O)CC1CCCCC1)C(=O)N[C@@H](Cc1ccccc1)C(=O)O)NC(=O)CC1CCCCC1)C(=O)N[C@@H](Cc1ccccc1)C(N)=O. The van der Waals surface area contributed by atoms with Crippen molar-refractivity contribution in [1.82, 2.24) is 26.6 Å². The van der Waals surface area contributed by atoms with Gasteiger partial charge >= 0.3 is 5.97 Å². The fourth-order valence-corrected chi connectivity index (χ4v) is 10.5. The fourth-order valence-electron chi connectivity index (χ4n) is 8.78. The van der Waals surface area contributed by atoms with Crippen molar-refractivity contribution in [2.75, 3.05) is 49.4 Å². The molecule has 0 saturated heterocycles. The number of carbonyl (C=O) groups excluding carboxylic acids is 6. The molecule has 0 bridgehead atoms. The van der Waals surface area contributed by atoms with Crippen LogP contribution in [-0.2, 0) is 55.9 Å². The van der Waals surface area contributed by atoms with Crippen molar-refractivity contribution in [3.63, 3.8) is 0 Å². The van der Waals surface area contributed by atoms with E-state index in [9.17, 15) is 38.7 Å². The number of ether oxygens (including phenoxy) is 2. The molecule has 0 spiro atoms. The second-order valence-electron chi connectivity index (χ2n) is 19.0. The molecular weight excluding hydrogens is 933 g/mol. The number of rotatable bonds is 33. The summed E-state index contributed by atoms with van der Waals surface area (Å²) in [6.45, 7) is 5.22. The van der Waals surface area contributed by atoms with Crippen LogP contribution >= 0.6 is 23.5 Å². The first kappa shape index (κ1) is 57.9. The van der Waals surface area contributed by atoms with Crippen molar-refractivity contribution in [3.8, 4) is 0 Å². The molecule has 0 heterocycles. The Morgan fingerprint density at radius 2 is 0.957 bits per heavy atom. The monoisotopic (exact) mass is 1010 g/mol. The summed E-state index contributed by atoms with van der Waals surface area (Å²) >= 11 is 2.87. The lowest BCUT2D eigenvalue weighted by Crippen LogP contribution is -2.57. The summed E-state index contributed by atoms with van der Waals surface area (Å²) in [5, 5.41) is 24.0. The molecule has 6 amide bonds. The van der Waals surface area contributed by atoms with Crippen LogP contribution in [0, 0.1) is 17.8 Å². The molecule has 16 nitrogen and oxygen atoms in total. The number of carboxylic acid groups (broad SMARTS) is 1. The molecule has 2 saturated carbocycles. The van der Waals surface area contributed by atoms with Crippen molar-refractivity contribution >= 4 is 64.9 Å². The third-order valence-corrected chi connectivity index (χ3v) is 14.6. The molecule has 2 fully saturated rings. The first-order valence-corrected chi connectivity index (χ1v) is 27.5. The lowest BCUT2D eigenvalue weighted by atomic mass is 9.87. The molecule has 70 heavy (non-hydrogen) atoms. The second-order valence-corrected chi connectivity index (χ2v) is 21.3. The maximum atomic E-state index is 13.9. The van der Waals surface area contributed by atoms with E-state index in [-0.39, 0.29) is 53.9 Å². The predicted molar refractivity (Wildman–Crippen MR) is 275 cm³/mol. The van der Waals surface area contributed by atoms with Crippen molar-refractivity contribution in [2.24, 2.45) is 23.5 Å². The summed E-state index contributed by atoms with van der Waals surface area (Å²) in [4.78, 5) is 91.8. The maximum Gasteiger partial charge on any atom is 0.326 e. The summed E-state index contributed by atoms with van der Waals surface area (Å²) in [5.41, 5.74) is 7.28. The number of primary amides is 1. The highest BCUT2D eigenvalue weighted by Gasteiger charge is 2.31. The molecule has 2 aromatic rings. The van der Waals surface area contributed by atoms with E-state index in [4.69, 9.17) is 15.2 Å². The standard InChI is InChI=1S/C52H78N6O10S2/c1-36(2)29-42(49(62)56-41(48(53)61)30-37-15-7-3-8-16-37)57-50(63)44(54-46(59)32-39-19-11-5-12-20-39)34-69-27-25-67-23-24-68-26-28-70-35-45(55-47(60)33-40-21-13-6-14-22-40)51(64)58-43(52(65)66)31-38-17-9-4-10-18-38/h3-4,7-10,15-18,36,39-45H,5-6,11-14,19-35H2,1-2H3,(H2,53,61)(H,54,59)(H,55,60)(H,56,62)(H,57,63)(H,58,64)(H,65,66)/t41-,42-,43-,44-,45-/m0/s1. The van der Waals surface area contributed by atoms with Gasteiger partial charge < -0.3 is 46.9 Å². The van der Waals surface area contributed by atoms with Gasteiger partial charge in [-0.1, -0.05) is 113 Å². The van der Waals surface area contributed by atoms with Gasteiger partial charge in [-0.05, 0) is 61.0 Å². The highest BCUT2D eigenvalue weighted by Crippen LogP contribution is 2.27. The van der Waals surface area contributed by atoms with E-state index in [0.29, 0.717) is 57.2 Å². The van der Waals surface area contributed by atoms with Gasteiger partial charge in [-0.2, -0.15) is 23.5 Å². The van der Waals surface area contributed by atoms with Crippen LogP contribution in [0.2, 0.25) is 0 Å². The van der Waals surface area contributed by atoms with Crippen LogP contribution in [0.5, 0.6) is 0 Å². The molecule has 4 rings (SSSR count). The summed E-state index contributed by atoms with van der Waals surface area (Å²) in [7, 11) is 0. The number of nitrogens with two attached hydrogens (primary N) is 1. The Kier molecular flexibility index (Phi) is 27.4. The zero-order valence-corrected chi connectivity index (χ0v) is 42.8. The first-order valence-electron chi connectivity index (χ1n) is 25.2. The van der Waals surface area contributed by atoms with E-state index in [1.165, 1.54) is 29.9 Å². The molecular formula is C52H78N6O10S2. The minimum absolute atomic E-state index is 0.0249. The van der Waals surface area contributed by atoms with Crippen LogP contribution in [0.15, 0.2) is 60.7 Å². The topological polar surface area (TPSA) is 244 Å². The molecule has 5 atom stereocenters. The molecule has 388 valence electrons. The van der Waals surface area contributed by atoms with Crippen molar-refractivity contribution in [2.45, 2.75) is 140 Å². The first-order chi connectivity index (χ1) is 33.8. The molecule has 0 unspecified atom stereocenters. The third-order valence-electron chi connectivity index (χ3n) is 12.6. The minimum atomic E-state index is -1.15. The van der Waals surface area contributed by atoms with Gasteiger partial charge in [0.25, 0.3) is 0 Å².